The zero-order valence-corrected chi connectivity index (χ0v) is 13.6. The molecule has 2 aliphatic carbocycles. The summed E-state index contributed by atoms with van der Waals surface area (Å²) in [4.78, 5) is 12.0. The van der Waals surface area contributed by atoms with Gasteiger partial charge >= 0.3 is 5.97 Å². The standard InChI is InChI=1S/C19H21NO4/c1-2-24-18(22)9-12-7-11-8-16(20)17(21)10-15(11)19(23)14-6-4-3-5-13(12)14/h3-6,10,12,19-21,23H,2,7-9H2,1H3/t12-,19?/m0/s1. The average Bonchev–Trinajstić information content (AvgIpc) is 2.66. The van der Waals surface area contributed by atoms with E-state index in [1.165, 1.54) is 6.08 Å². The fourth-order valence-electron chi connectivity index (χ4n) is 3.51. The number of allylic oxidation sites excluding steroid dienone is 2. The summed E-state index contributed by atoms with van der Waals surface area (Å²) in [6.07, 6.45) is 1.71. The molecule has 5 heteroatoms. The van der Waals surface area contributed by atoms with E-state index in [1.54, 1.807) is 6.92 Å². The lowest BCUT2D eigenvalue weighted by molar-refractivity contribution is -0.143. The van der Waals surface area contributed by atoms with Crippen LogP contribution in [0.2, 0.25) is 0 Å². The number of hydrogen-bond donors (Lipinski definition) is 3. The first-order valence-corrected chi connectivity index (χ1v) is 8.14. The van der Waals surface area contributed by atoms with Gasteiger partial charge in [0.2, 0.25) is 0 Å². The predicted octanol–water partition coefficient (Wildman–Crippen LogP) is 3.32. The molecule has 3 rings (SSSR count). The van der Waals surface area contributed by atoms with E-state index in [1.807, 2.05) is 24.3 Å². The molecule has 2 aliphatic rings. The number of rotatable bonds is 3. The smallest absolute Gasteiger partial charge is 0.306 e. The third-order valence-corrected chi connectivity index (χ3v) is 4.64. The monoisotopic (exact) mass is 327 g/mol. The maximum atomic E-state index is 12.0. The highest BCUT2D eigenvalue weighted by Crippen LogP contribution is 2.43. The Balaban J connectivity index is 2.04. The first-order valence-electron chi connectivity index (χ1n) is 8.14. The molecule has 3 N–H and O–H groups in total. The van der Waals surface area contributed by atoms with E-state index in [4.69, 9.17) is 10.1 Å². The summed E-state index contributed by atoms with van der Waals surface area (Å²) in [6, 6.07) is 7.52. The van der Waals surface area contributed by atoms with Crippen molar-refractivity contribution in [1.82, 2.24) is 0 Å². The van der Waals surface area contributed by atoms with Gasteiger partial charge in [-0.1, -0.05) is 29.8 Å². The second-order valence-corrected chi connectivity index (χ2v) is 6.19. The van der Waals surface area contributed by atoms with Gasteiger partial charge in [0.05, 0.1) is 18.7 Å². The largest absolute Gasteiger partial charge is 0.506 e. The van der Waals surface area contributed by atoms with E-state index >= 15 is 0 Å². The SMILES string of the molecule is CCOC(=O)C[C@@H]1CC2=C(C=C(O)C(=N)C2)C(O)c2ccccc21. The Kier molecular flexibility index (Phi) is 4.53. The molecule has 2 atom stereocenters. The lowest BCUT2D eigenvalue weighted by Gasteiger charge is -2.21. The normalized spacial score (nSPS) is 23.1. The van der Waals surface area contributed by atoms with Crippen LogP contribution in [0.1, 0.15) is 49.3 Å². The molecule has 1 aromatic rings. The molecule has 126 valence electrons. The van der Waals surface area contributed by atoms with Crippen LogP contribution in [0, 0.1) is 5.41 Å². The highest BCUT2D eigenvalue weighted by Gasteiger charge is 2.32. The van der Waals surface area contributed by atoms with Crippen LogP contribution in [0.25, 0.3) is 0 Å². The molecule has 0 fully saturated rings. The van der Waals surface area contributed by atoms with Crippen LogP contribution in [0.4, 0.5) is 0 Å². The lowest BCUT2D eigenvalue weighted by atomic mass is 9.86. The maximum absolute atomic E-state index is 12.0. The summed E-state index contributed by atoms with van der Waals surface area (Å²) in [5, 5.41) is 28.5. The van der Waals surface area contributed by atoms with Gasteiger partial charge < -0.3 is 20.4 Å². The lowest BCUT2D eigenvalue weighted by Crippen LogP contribution is -2.14. The van der Waals surface area contributed by atoms with Gasteiger partial charge in [-0.3, -0.25) is 4.79 Å². The van der Waals surface area contributed by atoms with Crippen molar-refractivity contribution in [3.05, 3.63) is 58.4 Å². The highest BCUT2D eigenvalue weighted by atomic mass is 16.5. The van der Waals surface area contributed by atoms with E-state index in [0.29, 0.717) is 25.0 Å². The molecule has 0 amide bonds. The fourth-order valence-corrected chi connectivity index (χ4v) is 3.51. The summed E-state index contributed by atoms with van der Waals surface area (Å²) < 4.78 is 5.09. The van der Waals surface area contributed by atoms with Gasteiger partial charge in [-0.2, -0.15) is 0 Å². The third kappa shape index (κ3) is 2.99. The molecule has 24 heavy (non-hydrogen) atoms. The highest BCUT2D eigenvalue weighted by molar-refractivity contribution is 5.99. The van der Waals surface area contributed by atoms with Gasteiger partial charge in [0.1, 0.15) is 11.9 Å². The van der Waals surface area contributed by atoms with Crippen LogP contribution in [0.3, 0.4) is 0 Å². The van der Waals surface area contributed by atoms with Crippen LogP contribution < -0.4 is 0 Å². The number of aliphatic hydroxyl groups is 2. The zero-order valence-electron chi connectivity index (χ0n) is 13.6. The van der Waals surface area contributed by atoms with Crippen LogP contribution in [-0.2, 0) is 9.53 Å². The molecule has 5 nitrogen and oxygen atoms in total. The van der Waals surface area contributed by atoms with Crippen molar-refractivity contribution in [3.8, 4) is 0 Å². The maximum Gasteiger partial charge on any atom is 0.306 e. The number of nitrogens with one attached hydrogen (secondary N) is 1. The van der Waals surface area contributed by atoms with E-state index in [-0.39, 0.29) is 29.8 Å². The minimum atomic E-state index is -0.862. The van der Waals surface area contributed by atoms with E-state index < -0.39 is 6.10 Å². The van der Waals surface area contributed by atoms with E-state index in [0.717, 1.165) is 16.7 Å². The molecule has 1 unspecified atom stereocenters. The summed E-state index contributed by atoms with van der Waals surface area (Å²) in [5.74, 6) is -0.474. The van der Waals surface area contributed by atoms with Crippen molar-refractivity contribution in [2.75, 3.05) is 6.61 Å². The molecule has 0 spiro atoms. The Morgan fingerprint density at radius 2 is 2.04 bits per heavy atom. The van der Waals surface area contributed by atoms with Gasteiger partial charge in [0, 0.05) is 6.42 Å². The van der Waals surface area contributed by atoms with Crippen LogP contribution in [0.15, 0.2) is 47.2 Å². The number of fused-ring (bicyclic) bond motifs is 1. The molecule has 0 radical (unpaired) electrons. The number of benzene rings is 1. The number of esters is 1. The fraction of sp³-hybridized carbons (Fsp3) is 0.368. The molecule has 0 aromatic heterocycles. The Bertz CT molecular complexity index is 747. The van der Waals surface area contributed by atoms with Gasteiger partial charge in [-0.25, -0.2) is 0 Å². The van der Waals surface area contributed by atoms with Crippen molar-refractivity contribution in [3.63, 3.8) is 0 Å². The summed E-state index contributed by atoms with van der Waals surface area (Å²) in [5.41, 5.74) is 3.35. The second-order valence-electron chi connectivity index (χ2n) is 6.19. The van der Waals surface area contributed by atoms with Gasteiger partial charge in [-0.15, -0.1) is 0 Å². The molecule has 0 saturated heterocycles. The minimum Gasteiger partial charge on any atom is -0.506 e. The molecule has 1 aromatic carbocycles. The summed E-state index contributed by atoms with van der Waals surface area (Å²) in [7, 11) is 0. The predicted molar refractivity (Wildman–Crippen MR) is 90.1 cm³/mol. The topological polar surface area (TPSA) is 90.6 Å². The molecule has 0 saturated carbocycles. The van der Waals surface area contributed by atoms with Gasteiger partial charge in [0.25, 0.3) is 0 Å². The molecule has 0 aliphatic heterocycles. The van der Waals surface area contributed by atoms with Gasteiger partial charge in [-0.05, 0) is 42.0 Å². The van der Waals surface area contributed by atoms with E-state index in [9.17, 15) is 15.0 Å². The number of carbonyl (C=O) groups is 1. The number of aliphatic hydroxyl groups excluding tert-OH is 2. The number of carbonyl (C=O) groups excluding carboxylic acids is 1. The molecular weight excluding hydrogens is 306 g/mol. The van der Waals surface area contributed by atoms with Crippen molar-refractivity contribution in [2.45, 2.75) is 38.2 Å². The van der Waals surface area contributed by atoms with Crippen molar-refractivity contribution >= 4 is 11.7 Å². The quantitative estimate of drug-likeness (QED) is 0.743. The van der Waals surface area contributed by atoms with Crippen LogP contribution >= 0.6 is 0 Å². The van der Waals surface area contributed by atoms with Crippen LogP contribution in [-0.4, -0.2) is 28.5 Å². The Morgan fingerprint density at radius 1 is 1.33 bits per heavy atom. The number of ether oxygens (including phenoxy) is 1. The minimum absolute atomic E-state index is 0.103. The Labute approximate surface area is 140 Å². The zero-order chi connectivity index (χ0) is 17.3. The molecule has 0 bridgehead atoms. The number of hydrogen-bond acceptors (Lipinski definition) is 5. The molecular formula is C19H21NO4. The second kappa shape index (κ2) is 6.61. The van der Waals surface area contributed by atoms with Crippen molar-refractivity contribution in [1.29, 1.82) is 5.41 Å². The summed E-state index contributed by atoms with van der Waals surface area (Å²) in [6.45, 7) is 2.12. The van der Waals surface area contributed by atoms with Crippen LogP contribution in [0.5, 0.6) is 0 Å². The van der Waals surface area contributed by atoms with Gasteiger partial charge in [0.15, 0.2) is 0 Å². The Hall–Kier alpha value is -2.40. The Morgan fingerprint density at radius 3 is 2.75 bits per heavy atom. The first-order chi connectivity index (χ1) is 11.5. The van der Waals surface area contributed by atoms with Crippen molar-refractivity contribution < 1.29 is 19.7 Å². The van der Waals surface area contributed by atoms with Crippen molar-refractivity contribution in [2.24, 2.45) is 0 Å². The first kappa shape index (κ1) is 16.5. The average molecular weight is 327 g/mol. The summed E-state index contributed by atoms with van der Waals surface area (Å²) >= 11 is 0. The molecule has 0 heterocycles. The van der Waals surface area contributed by atoms with E-state index in [2.05, 4.69) is 0 Å². The third-order valence-electron chi connectivity index (χ3n) is 4.64.